The summed E-state index contributed by atoms with van der Waals surface area (Å²) >= 11 is 12.3. The fourth-order valence-corrected chi connectivity index (χ4v) is 3.86. The third-order valence-corrected chi connectivity index (χ3v) is 5.73. The van der Waals surface area contributed by atoms with Crippen molar-refractivity contribution in [2.45, 2.75) is 13.3 Å². The molecule has 0 unspecified atom stereocenters. The largest absolute Gasteiger partial charge is 0.340 e. The molecule has 0 aliphatic rings. The molecule has 0 amide bonds. The number of halogens is 2. The molecule has 0 radical (unpaired) electrons. The molecule has 0 atom stereocenters. The Kier molecular flexibility index (Phi) is 5.14. The predicted molar refractivity (Wildman–Crippen MR) is 124 cm³/mol. The van der Waals surface area contributed by atoms with E-state index in [9.17, 15) is 0 Å². The smallest absolute Gasteiger partial charge is 0.111 e. The number of aryl methyl sites for hydroxylation is 1. The van der Waals surface area contributed by atoms with Gasteiger partial charge in [-0.2, -0.15) is 0 Å². The summed E-state index contributed by atoms with van der Waals surface area (Å²) in [7, 11) is 0. The molecule has 0 fully saturated rings. The van der Waals surface area contributed by atoms with Gasteiger partial charge in [-0.25, -0.2) is 4.98 Å². The zero-order chi connectivity index (χ0) is 21.4. The van der Waals surface area contributed by atoms with E-state index >= 15 is 0 Å². The molecule has 152 valence electrons. The highest BCUT2D eigenvalue weighted by atomic mass is 35.5. The van der Waals surface area contributed by atoms with Crippen LogP contribution < -0.4 is 0 Å². The fourth-order valence-electron chi connectivity index (χ4n) is 3.54. The molecule has 7 heteroatoms. The van der Waals surface area contributed by atoms with Gasteiger partial charge >= 0.3 is 0 Å². The predicted octanol–water partition coefficient (Wildman–Crippen LogP) is 6.29. The lowest BCUT2D eigenvalue weighted by atomic mass is 10.1. The quantitative estimate of drug-likeness (QED) is 0.352. The first-order valence-corrected chi connectivity index (χ1v) is 10.5. The van der Waals surface area contributed by atoms with Gasteiger partial charge in [0.15, 0.2) is 0 Å². The summed E-state index contributed by atoms with van der Waals surface area (Å²) in [5, 5.41) is 1.06. The van der Waals surface area contributed by atoms with Gasteiger partial charge in [0.25, 0.3) is 0 Å². The van der Waals surface area contributed by atoms with Crippen LogP contribution in [0.3, 0.4) is 0 Å². The highest BCUT2D eigenvalue weighted by Gasteiger charge is 2.17. The molecule has 3 aromatic heterocycles. The van der Waals surface area contributed by atoms with Gasteiger partial charge in [0.1, 0.15) is 5.82 Å². The van der Waals surface area contributed by atoms with Gasteiger partial charge in [-0.3, -0.25) is 15.0 Å². The van der Waals surface area contributed by atoms with E-state index in [1.165, 1.54) is 0 Å². The zero-order valence-electron chi connectivity index (χ0n) is 16.6. The van der Waals surface area contributed by atoms with Crippen molar-refractivity contribution in [1.29, 1.82) is 0 Å². The van der Waals surface area contributed by atoms with Gasteiger partial charge in [-0.15, -0.1) is 0 Å². The number of nitrogens with one attached hydrogen (secondary N) is 1. The van der Waals surface area contributed by atoms with Gasteiger partial charge < -0.3 is 4.98 Å². The fraction of sp³-hybridized carbons (Fsp3) is 0.0833. The second-order valence-corrected chi connectivity index (χ2v) is 8.07. The molecule has 31 heavy (non-hydrogen) atoms. The van der Waals surface area contributed by atoms with E-state index in [1.807, 2.05) is 55.5 Å². The summed E-state index contributed by atoms with van der Waals surface area (Å²) in [6.07, 6.45) is 3.96. The molecule has 2 aromatic carbocycles. The van der Waals surface area contributed by atoms with Crippen LogP contribution in [0.25, 0.3) is 33.7 Å². The number of pyridine rings is 1. The van der Waals surface area contributed by atoms with Gasteiger partial charge in [-0.05, 0) is 48.9 Å². The Bertz CT molecular complexity index is 1410. The minimum atomic E-state index is 0.527. The number of fused-ring (bicyclic) bond motifs is 1. The van der Waals surface area contributed by atoms with Crippen molar-refractivity contribution >= 4 is 34.2 Å². The summed E-state index contributed by atoms with van der Waals surface area (Å²) in [5.74, 6) is 0.811. The Morgan fingerprint density at radius 2 is 1.68 bits per heavy atom. The van der Waals surface area contributed by atoms with Crippen LogP contribution in [0.5, 0.6) is 0 Å². The first kappa shape index (κ1) is 19.7. The molecule has 0 aliphatic carbocycles. The summed E-state index contributed by atoms with van der Waals surface area (Å²) in [4.78, 5) is 21.9. The van der Waals surface area contributed by atoms with Crippen molar-refractivity contribution < 1.29 is 0 Å². The summed E-state index contributed by atoms with van der Waals surface area (Å²) in [6.45, 7) is 1.97. The van der Waals surface area contributed by atoms with Crippen LogP contribution in [-0.2, 0) is 6.42 Å². The molecule has 0 bridgehead atoms. The average Bonchev–Trinajstić information content (AvgIpc) is 3.20. The van der Waals surface area contributed by atoms with Crippen LogP contribution in [0.15, 0.2) is 67.0 Å². The summed E-state index contributed by atoms with van der Waals surface area (Å²) in [5.41, 5.74) is 7.08. The van der Waals surface area contributed by atoms with E-state index in [2.05, 4.69) is 15.0 Å². The molecular formula is C24H17Cl2N5. The number of rotatable bonds is 4. The molecule has 0 aliphatic heterocycles. The molecule has 1 N–H and O–H groups in total. The number of benzene rings is 2. The third-order valence-electron chi connectivity index (χ3n) is 5.00. The Morgan fingerprint density at radius 3 is 2.48 bits per heavy atom. The highest BCUT2D eigenvalue weighted by molar-refractivity contribution is 6.42. The van der Waals surface area contributed by atoms with Crippen LogP contribution >= 0.6 is 23.2 Å². The maximum Gasteiger partial charge on any atom is 0.111 e. The number of hydrogen-bond acceptors (Lipinski definition) is 4. The van der Waals surface area contributed by atoms with E-state index in [1.54, 1.807) is 18.5 Å². The molecule has 0 saturated carbocycles. The summed E-state index contributed by atoms with van der Waals surface area (Å²) < 4.78 is 0. The molecule has 5 aromatic rings. The second kappa shape index (κ2) is 8.10. The maximum absolute atomic E-state index is 6.20. The Hall–Kier alpha value is -3.28. The number of aromatic amines is 1. The van der Waals surface area contributed by atoms with Crippen molar-refractivity contribution in [2.75, 3.05) is 0 Å². The SMILES string of the molecule is Cc1cccc(-c2[nH]c(Cc3ccc(Cl)c(Cl)c3)nc2-c2ccc3nccnc3c2)n1. The zero-order valence-corrected chi connectivity index (χ0v) is 18.1. The first-order valence-electron chi connectivity index (χ1n) is 9.75. The highest BCUT2D eigenvalue weighted by Crippen LogP contribution is 2.31. The van der Waals surface area contributed by atoms with Crippen molar-refractivity contribution in [1.82, 2.24) is 24.9 Å². The van der Waals surface area contributed by atoms with Crippen molar-refractivity contribution in [2.24, 2.45) is 0 Å². The van der Waals surface area contributed by atoms with E-state index in [-0.39, 0.29) is 0 Å². The molecule has 3 heterocycles. The standard InChI is InChI=1S/C24H17Cl2N5/c1-14-3-2-4-20(29-14)24-23(16-6-8-19-21(13-16)28-10-9-27-19)30-22(31-24)12-15-5-7-17(25)18(26)11-15/h2-11,13H,12H2,1H3,(H,30,31). The molecule has 0 spiro atoms. The lowest BCUT2D eigenvalue weighted by Gasteiger charge is -2.04. The molecule has 5 nitrogen and oxygen atoms in total. The van der Waals surface area contributed by atoms with Crippen LogP contribution in [0.1, 0.15) is 17.1 Å². The maximum atomic E-state index is 6.20. The van der Waals surface area contributed by atoms with Crippen molar-refractivity contribution in [3.8, 4) is 22.6 Å². The second-order valence-electron chi connectivity index (χ2n) is 7.26. The van der Waals surface area contributed by atoms with Crippen LogP contribution in [0.4, 0.5) is 0 Å². The normalized spacial score (nSPS) is 11.2. The Labute approximate surface area is 189 Å². The topological polar surface area (TPSA) is 67.3 Å². The summed E-state index contributed by atoms with van der Waals surface area (Å²) in [6, 6.07) is 17.5. The van der Waals surface area contributed by atoms with Crippen molar-refractivity contribution in [3.05, 3.63) is 94.1 Å². The van der Waals surface area contributed by atoms with Gasteiger partial charge in [0.2, 0.25) is 0 Å². The Morgan fingerprint density at radius 1 is 0.839 bits per heavy atom. The van der Waals surface area contributed by atoms with E-state index in [0.29, 0.717) is 16.5 Å². The van der Waals surface area contributed by atoms with Gasteiger partial charge in [0, 0.05) is 30.1 Å². The van der Waals surface area contributed by atoms with Crippen molar-refractivity contribution in [3.63, 3.8) is 0 Å². The Balaban J connectivity index is 1.63. The number of hydrogen-bond donors (Lipinski definition) is 1. The minimum absolute atomic E-state index is 0.527. The average molecular weight is 446 g/mol. The first-order chi connectivity index (χ1) is 15.1. The van der Waals surface area contributed by atoms with E-state index < -0.39 is 0 Å². The van der Waals surface area contributed by atoms with E-state index in [0.717, 1.165) is 50.8 Å². The van der Waals surface area contributed by atoms with Crippen LogP contribution in [0.2, 0.25) is 10.0 Å². The van der Waals surface area contributed by atoms with Gasteiger partial charge in [0.05, 0.1) is 38.2 Å². The van der Waals surface area contributed by atoms with E-state index in [4.69, 9.17) is 33.2 Å². The number of imidazole rings is 1. The number of H-pyrrole nitrogens is 1. The molecule has 5 rings (SSSR count). The molecular weight excluding hydrogens is 429 g/mol. The van der Waals surface area contributed by atoms with Crippen LogP contribution in [0, 0.1) is 6.92 Å². The monoisotopic (exact) mass is 445 g/mol. The van der Waals surface area contributed by atoms with Gasteiger partial charge in [-0.1, -0.05) is 41.4 Å². The number of aromatic nitrogens is 5. The van der Waals surface area contributed by atoms with Crippen LogP contribution in [-0.4, -0.2) is 24.9 Å². The third kappa shape index (κ3) is 4.02. The minimum Gasteiger partial charge on any atom is -0.340 e. The number of nitrogens with zero attached hydrogens (tertiary/aromatic N) is 4. The lowest BCUT2D eigenvalue weighted by Crippen LogP contribution is -1.91. The molecule has 0 saturated heterocycles. The lowest BCUT2D eigenvalue weighted by molar-refractivity contribution is 1.03.